The van der Waals surface area contributed by atoms with Crippen molar-refractivity contribution in [1.29, 1.82) is 0 Å². The topological polar surface area (TPSA) is 110 Å². The molecule has 192 valence electrons. The average Bonchev–Trinajstić information content (AvgIpc) is 3.54. The summed E-state index contributed by atoms with van der Waals surface area (Å²) in [7, 11) is 0. The Kier molecular flexibility index (Phi) is 5.75. The lowest BCUT2D eigenvalue weighted by Gasteiger charge is -2.37. The van der Waals surface area contributed by atoms with Crippen molar-refractivity contribution in [3.63, 3.8) is 0 Å². The minimum Gasteiger partial charge on any atom is -0.383 e. The third-order valence-corrected chi connectivity index (χ3v) is 8.00. The molecule has 1 aliphatic carbocycles. The molecule has 0 spiro atoms. The number of nitrogens with two attached hydrogens (primary N) is 1. The van der Waals surface area contributed by atoms with Crippen molar-refractivity contribution in [2.45, 2.75) is 65.1 Å². The number of hydrogen-bond donors (Lipinski definition) is 1. The van der Waals surface area contributed by atoms with E-state index in [2.05, 4.69) is 57.2 Å². The summed E-state index contributed by atoms with van der Waals surface area (Å²) >= 11 is 0. The molecule has 1 saturated heterocycles. The van der Waals surface area contributed by atoms with Crippen molar-refractivity contribution in [3.8, 4) is 11.3 Å². The van der Waals surface area contributed by atoms with Gasteiger partial charge in [-0.15, -0.1) is 0 Å². The summed E-state index contributed by atoms with van der Waals surface area (Å²) in [6, 6.07) is 0.696. The molecule has 2 aliphatic heterocycles. The smallest absolute Gasteiger partial charge is 0.260 e. The molecule has 1 amide bonds. The van der Waals surface area contributed by atoms with Crippen LogP contribution in [0.25, 0.3) is 22.3 Å². The van der Waals surface area contributed by atoms with Gasteiger partial charge >= 0.3 is 0 Å². The number of nitrogens with zero attached hydrogens (tertiary/aromatic N) is 7. The standard InChI is InChI=1S/C26H36N8O2/c1-15(2)32-10-7-31(8-11-32)9-12-33-13-18-19(20-24(27)28-14-29-25(20)34(18)16(3)4)22-21(26(33)35)23(36-30-22)17-5-6-17/h14-17H,5-13H2,1-4H3,(H2,27,28,29). The zero-order chi connectivity index (χ0) is 25.1. The van der Waals surface area contributed by atoms with Gasteiger partial charge in [-0.2, -0.15) is 0 Å². The first-order chi connectivity index (χ1) is 17.3. The van der Waals surface area contributed by atoms with E-state index < -0.39 is 0 Å². The third kappa shape index (κ3) is 3.78. The maximum Gasteiger partial charge on any atom is 0.260 e. The van der Waals surface area contributed by atoms with Gasteiger partial charge in [0.1, 0.15) is 29.0 Å². The molecule has 36 heavy (non-hydrogen) atoms. The summed E-state index contributed by atoms with van der Waals surface area (Å²) in [6.07, 6.45) is 3.57. The Morgan fingerprint density at radius 1 is 1.03 bits per heavy atom. The molecule has 3 aliphatic rings. The molecule has 10 heteroatoms. The van der Waals surface area contributed by atoms with Gasteiger partial charge in [0.05, 0.1) is 11.9 Å². The van der Waals surface area contributed by atoms with Crippen LogP contribution >= 0.6 is 0 Å². The van der Waals surface area contributed by atoms with Gasteiger partial charge in [-0.3, -0.25) is 14.6 Å². The molecule has 0 atom stereocenters. The second-order valence-electron chi connectivity index (χ2n) is 11.0. The summed E-state index contributed by atoms with van der Waals surface area (Å²) in [4.78, 5) is 29.9. The third-order valence-electron chi connectivity index (χ3n) is 8.00. The quantitative estimate of drug-likeness (QED) is 0.559. The summed E-state index contributed by atoms with van der Waals surface area (Å²) in [6.45, 7) is 14.9. The van der Waals surface area contributed by atoms with Crippen molar-refractivity contribution in [2.24, 2.45) is 0 Å². The first kappa shape index (κ1) is 23.4. The van der Waals surface area contributed by atoms with Gasteiger partial charge in [-0.25, -0.2) is 9.97 Å². The molecule has 2 fully saturated rings. The number of hydrogen-bond acceptors (Lipinski definition) is 8. The summed E-state index contributed by atoms with van der Waals surface area (Å²) in [5, 5.41) is 5.24. The van der Waals surface area contributed by atoms with Gasteiger partial charge in [-0.05, 0) is 40.5 Å². The van der Waals surface area contributed by atoms with E-state index >= 15 is 0 Å². The van der Waals surface area contributed by atoms with E-state index in [1.54, 1.807) is 0 Å². The minimum absolute atomic E-state index is 0.00374. The van der Waals surface area contributed by atoms with Crippen molar-refractivity contribution < 1.29 is 9.32 Å². The zero-order valence-electron chi connectivity index (χ0n) is 21.7. The number of nitrogen functional groups attached to an aromatic ring is 1. The van der Waals surface area contributed by atoms with Crippen LogP contribution in [-0.2, 0) is 6.54 Å². The number of fused-ring (bicyclic) bond motifs is 5. The number of carbonyl (C=O) groups excluding carboxylic acids is 1. The molecular weight excluding hydrogens is 456 g/mol. The molecule has 2 N–H and O–H groups in total. The highest BCUT2D eigenvalue weighted by molar-refractivity contribution is 6.09. The number of amides is 1. The lowest BCUT2D eigenvalue weighted by molar-refractivity contribution is 0.0670. The monoisotopic (exact) mass is 492 g/mol. The number of carbonyl (C=O) groups is 1. The summed E-state index contributed by atoms with van der Waals surface area (Å²) in [5.74, 6) is 1.40. The number of rotatable bonds is 6. The van der Waals surface area contributed by atoms with Crippen molar-refractivity contribution in [3.05, 3.63) is 23.3 Å². The largest absolute Gasteiger partial charge is 0.383 e. The molecule has 0 radical (unpaired) electrons. The highest BCUT2D eigenvalue weighted by Gasteiger charge is 2.41. The van der Waals surface area contributed by atoms with Crippen LogP contribution in [0.2, 0.25) is 0 Å². The van der Waals surface area contributed by atoms with Crippen LogP contribution in [0, 0.1) is 0 Å². The molecule has 0 unspecified atom stereocenters. The maximum absolute atomic E-state index is 14.1. The van der Waals surface area contributed by atoms with E-state index in [4.69, 9.17) is 10.3 Å². The first-order valence-electron chi connectivity index (χ1n) is 13.2. The molecular formula is C26H36N8O2. The normalized spacial score (nSPS) is 19.4. The fourth-order valence-electron chi connectivity index (χ4n) is 5.83. The van der Waals surface area contributed by atoms with Gasteiger partial charge in [-0.1, -0.05) is 5.16 Å². The highest BCUT2D eigenvalue weighted by atomic mass is 16.5. The molecule has 3 aromatic rings. The molecule has 5 heterocycles. The van der Waals surface area contributed by atoms with E-state index in [9.17, 15) is 4.79 Å². The van der Waals surface area contributed by atoms with Crippen molar-refractivity contribution >= 4 is 22.8 Å². The van der Waals surface area contributed by atoms with Crippen LogP contribution < -0.4 is 5.73 Å². The van der Waals surface area contributed by atoms with Gasteiger partial charge < -0.3 is 19.7 Å². The fraction of sp³-hybridized carbons (Fsp3) is 0.615. The second kappa shape index (κ2) is 8.85. The SMILES string of the molecule is CC(C)N1CCN(CCN2Cc3c(c4c(N)ncnc4n3C(C)C)-c3noc(C4CC4)c3C2=O)CC1. The van der Waals surface area contributed by atoms with Crippen LogP contribution in [-0.4, -0.2) is 85.6 Å². The molecule has 10 nitrogen and oxygen atoms in total. The van der Waals surface area contributed by atoms with Gasteiger partial charge in [0, 0.05) is 68.5 Å². The Morgan fingerprint density at radius 2 is 1.78 bits per heavy atom. The Balaban J connectivity index is 1.40. The molecule has 6 rings (SSSR count). The van der Waals surface area contributed by atoms with Crippen molar-refractivity contribution in [2.75, 3.05) is 45.0 Å². The van der Waals surface area contributed by atoms with E-state index in [0.717, 1.165) is 73.6 Å². The van der Waals surface area contributed by atoms with E-state index in [-0.39, 0.29) is 17.9 Å². The number of aromatic nitrogens is 4. The highest BCUT2D eigenvalue weighted by Crippen LogP contribution is 2.48. The maximum atomic E-state index is 14.1. The summed E-state index contributed by atoms with van der Waals surface area (Å²) < 4.78 is 8.04. The predicted octanol–water partition coefficient (Wildman–Crippen LogP) is 3.11. The van der Waals surface area contributed by atoms with E-state index in [0.29, 0.717) is 36.2 Å². The Bertz CT molecular complexity index is 1300. The zero-order valence-corrected chi connectivity index (χ0v) is 21.7. The van der Waals surface area contributed by atoms with Gasteiger partial charge in [0.25, 0.3) is 5.91 Å². The van der Waals surface area contributed by atoms with E-state index in [1.807, 2.05) is 4.90 Å². The van der Waals surface area contributed by atoms with Crippen molar-refractivity contribution in [1.82, 2.24) is 34.4 Å². The second-order valence-corrected chi connectivity index (χ2v) is 11.0. The van der Waals surface area contributed by atoms with E-state index in [1.165, 1.54) is 6.33 Å². The van der Waals surface area contributed by atoms with Crippen LogP contribution in [0.1, 0.15) is 74.3 Å². The Labute approximate surface area is 211 Å². The number of anilines is 1. The fourth-order valence-corrected chi connectivity index (χ4v) is 5.83. The lowest BCUT2D eigenvalue weighted by Crippen LogP contribution is -2.50. The van der Waals surface area contributed by atoms with Gasteiger partial charge in [0.2, 0.25) is 0 Å². The number of piperazine rings is 1. The molecule has 1 saturated carbocycles. The summed E-state index contributed by atoms with van der Waals surface area (Å²) in [5.41, 5.74) is 10.2. The van der Waals surface area contributed by atoms with Crippen LogP contribution in [0.3, 0.4) is 0 Å². The minimum atomic E-state index is 0.00374. The average molecular weight is 493 g/mol. The Morgan fingerprint density at radius 3 is 2.44 bits per heavy atom. The predicted molar refractivity (Wildman–Crippen MR) is 138 cm³/mol. The lowest BCUT2D eigenvalue weighted by atomic mass is 10.0. The molecule has 0 bridgehead atoms. The first-order valence-corrected chi connectivity index (χ1v) is 13.2. The van der Waals surface area contributed by atoms with Crippen LogP contribution in [0.15, 0.2) is 10.9 Å². The Hall–Kier alpha value is -2.98. The molecule has 0 aromatic carbocycles. The van der Waals surface area contributed by atoms with Crippen LogP contribution in [0.5, 0.6) is 0 Å². The molecule has 3 aromatic heterocycles. The van der Waals surface area contributed by atoms with Gasteiger partial charge in [0.15, 0.2) is 5.76 Å². The van der Waals surface area contributed by atoms with Crippen LogP contribution in [0.4, 0.5) is 5.82 Å².